The van der Waals surface area contributed by atoms with E-state index in [0.717, 1.165) is 12.3 Å². The zero-order valence-electron chi connectivity index (χ0n) is 5.71. The van der Waals surface area contributed by atoms with Gasteiger partial charge in [-0.2, -0.15) is 9.65 Å². The van der Waals surface area contributed by atoms with E-state index in [-0.39, 0.29) is 11.1 Å². The first-order valence-corrected chi connectivity index (χ1v) is 3.28. The second kappa shape index (κ2) is 3.28. The second-order valence-electron chi connectivity index (χ2n) is 1.94. The summed E-state index contributed by atoms with van der Waals surface area (Å²) in [5.74, 6) is -0.835. The molecule has 0 bridgehead atoms. The summed E-state index contributed by atoms with van der Waals surface area (Å²) in [7, 11) is 0. The Morgan fingerprint density at radius 1 is 1.75 bits per heavy atom. The lowest BCUT2D eigenvalue weighted by molar-refractivity contribution is 0.108. The maximum absolute atomic E-state index is 12.4. The molecule has 1 rings (SSSR count). The number of pyridine rings is 1. The molecule has 0 radical (unpaired) electrons. The van der Waals surface area contributed by atoms with Gasteiger partial charge in [0.05, 0.1) is 11.1 Å². The summed E-state index contributed by atoms with van der Waals surface area (Å²) in [5, 5.41) is 7.57. The van der Waals surface area contributed by atoms with Crippen molar-refractivity contribution in [3.05, 3.63) is 29.3 Å². The zero-order chi connectivity index (χ0) is 9.14. The number of halogens is 2. The minimum absolute atomic E-state index is 0.0311. The van der Waals surface area contributed by atoms with E-state index in [9.17, 15) is 9.18 Å². The molecular weight excluding hydrogens is 183 g/mol. The van der Waals surface area contributed by atoms with Crippen LogP contribution in [0.5, 0.6) is 0 Å². The average molecular weight is 185 g/mol. The highest BCUT2D eigenvalue weighted by molar-refractivity contribution is 6.68. The standard InChI is InChI=1S/C7H2ClFN2O/c8-7(12)5-1-6(9)11-3-4(5)2-10/h1,3H. The fraction of sp³-hybridized carbons (Fsp3) is 0. The van der Waals surface area contributed by atoms with Crippen LogP contribution in [-0.4, -0.2) is 10.2 Å². The Morgan fingerprint density at radius 3 is 2.92 bits per heavy atom. The number of hydrogen-bond acceptors (Lipinski definition) is 3. The first-order valence-electron chi connectivity index (χ1n) is 2.90. The van der Waals surface area contributed by atoms with E-state index >= 15 is 0 Å². The highest BCUT2D eigenvalue weighted by atomic mass is 35.5. The number of rotatable bonds is 1. The Kier molecular flexibility index (Phi) is 2.36. The van der Waals surface area contributed by atoms with Gasteiger partial charge in [0, 0.05) is 12.3 Å². The quantitative estimate of drug-likeness (QED) is 0.491. The van der Waals surface area contributed by atoms with Gasteiger partial charge in [0.2, 0.25) is 5.95 Å². The molecule has 0 spiro atoms. The number of nitriles is 1. The molecule has 0 saturated heterocycles. The minimum atomic E-state index is -0.868. The van der Waals surface area contributed by atoms with Crippen LogP contribution in [0.2, 0.25) is 0 Å². The highest BCUT2D eigenvalue weighted by Crippen LogP contribution is 2.10. The third-order valence-corrected chi connectivity index (χ3v) is 1.41. The van der Waals surface area contributed by atoms with E-state index in [4.69, 9.17) is 16.9 Å². The van der Waals surface area contributed by atoms with Crippen molar-refractivity contribution in [2.75, 3.05) is 0 Å². The first-order chi connectivity index (χ1) is 5.65. The number of carbonyl (C=O) groups is 1. The van der Waals surface area contributed by atoms with Gasteiger partial charge in [0.1, 0.15) is 6.07 Å². The summed E-state index contributed by atoms with van der Waals surface area (Å²) in [6.45, 7) is 0. The van der Waals surface area contributed by atoms with Gasteiger partial charge in [-0.05, 0) is 11.6 Å². The lowest BCUT2D eigenvalue weighted by Crippen LogP contribution is -1.97. The third-order valence-electron chi connectivity index (χ3n) is 1.20. The monoisotopic (exact) mass is 184 g/mol. The van der Waals surface area contributed by atoms with Crippen LogP contribution in [0, 0.1) is 17.3 Å². The van der Waals surface area contributed by atoms with E-state index in [1.165, 1.54) is 0 Å². The average Bonchev–Trinajstić information content (AvgIpc) is 2.04. The summed E-state index contributed by atoms with van der Waals surface area (Å²) in [6, 6.07) is 2.50. The highest BCUT2D eigenvalue weighted by Gasteiger charge is 2.10. The molecule has 0 aromatic carbocycles. The Morgan fingerprint density at radius 2 is 2.42 bits per heavy atom. The molecule has 0 aliphatic rings. The second-order valence-corrected chi connectivity index (χ2v) is 2.28. The molecule has 12 heavy (non-hydrogen) atoms. The number of carbonyl (C=O) groups excluding carboxylic acids is 1. The van der Waals surface area contributed by atoms with E-state index in [0.29, 0.717) is 0 Å². The molecule has 0 aliphatic carbocycles. The normalized spacial score (nSPS) is 9.08. The Bertz CT molecular complexity index is 372. The van der Waals surface area contributed by atoms with E-state index in [1.54, 1.807) is 6.07 Å². The van der Waals surface area contributed by atoms with Crippen molar-refractivity contribution < 1.29 is 9.18 Å². The summed E-state index contributed by atoms with van der Waals surface area (Å²) in [4.78, 5) is 13.8. The predicted molar refractivity (Wildman–Crippen MR) is 39.1 cm³/mol. The van der Waals surface area contributed by atoms with Gasteiger partial charge in [-0.1, -0.05) is 0 Å². The van der Waals surface area contributed by atoms with Crippen LogP contribution in [0.4, 0.5) is 4.39 Å². The number of aromatic nitrogens is 1. The molecule has 1 aromatic rings. The van der Waals surface area contributed by atoms with Gasteiger partial charge < -0.3 is 0 Å². The van der Waals surface area contributed by atoms with Gasteiger partial charge in [-0.25, -0.2) is 4.98 Å². The molecule has 5 heteroatoms. The molecule has 0 saturated carbocycles. The van der Waals surface area contributed by atoms with Crippen LogP contribution in [0.15, 0.2) is 12.3 Å². The van der Waals surface area contributed by atoms with E-state index in [2.05, 4.69) is 4.98 Å². The fourth-order valence-electron chi connectivity index (χ4n) is 0.682. The molecule has 0 aliphatic heterocycles. The minimum Gasteiger partial charge on any atom is -0.276 e. The van der Waals surface area contributed by atoms with Gasteiger partial charge in [0.25, 0.3) is 5.24 Å². The van der Waals surface area contributed by atoms with Crippen molar-refractivity contribution in [3.8, 4) is 6.07 Å². The summed E-state index contributed by atoms with van der Waals surface area (Å²) >= 11 is 5.07. The lowest BCUT2D eigenvalue weighted by atomic mass is 10.2. The Labute approximate surface area is 72.4 Å². The van der Waals surface area contributed by atoms with Crippen molar-refractivity contribution in [3.63, 3.8) is 0 Å². The maximum atomic E-state index is 12.4. The Balaban J connectivity index is 3.34. The smallest absolute Gasteiger partial charge is 0.253 e. The molecule has 0 atom stereocenters. The van der Waals surface area contributed by atoms with Crippen LogP contribution < -0.4 is 0 Å². The Hall–Kier alpha value is -1.47. The third kappa shape index (κ3) is 1.57. The molecule has 1 heterocycles. The van der Waals surface area contributed by atoms with E-state index < -0.39 is 11.2 Å². The van der Waals surface area contributed by atoms with Crippen molar-refractivity contribution in [2.24, 2.45) is 0 Å². The van der Waals surface area contributed by atoms with Crippen LogP contribution in [-0.2, 0) is 0 Å². The van der Waals surface area contributed by atoms with Gasteiger partial charge in [-0.3, -0.25) is 4.79 Å². The predicted octanol–water partition coefficient (Wildman–Crippen LogP) is 1.47. The molecule has 0 amide bonds. The van der Waals surface area contributed by atoms with Gasteiger partial charge >= 0.3 is 0 Å². The van der Waals surface area contributed by atoms with Crippen LogP contribution in [0.1, 0.15) is 15.9 Å². The van der Waals surface area contributed by atoms with Crippen molar-refractivity contribution in [2.45, 2.75) is 0 Å². The topological polar surface area (TPSA) is 53.8 Å². The number of nitrogens with zero attached hydrogens (tertiary/aromatic N) is 2. The van der Waals surface area contributed by atoms with Crippen molar-refractivity contribution in [1.29, 1.82) is 5.26 Å². The molecule has 1 aromatic heterocycles. The summed E-state index contributed by atoms with van der Waals surface area (Å²) in [5.41, 5.74) is -0.192. The fourth-order valence-corrected chi connectivity index (χ4v) is 0.838. The van der Waals surface area contributed by atoms with Crippen LogP contribution >= 0.6 is 11.6 Å². The van der Waals surface area contributed by atoms with Gasteiger partial charge in [-0.15, -0.1) is 0 Å². The largest absolute Gasteiger partial charge is 0.276 e. The van der Waals surface area contributed by atoms with Crippen molar-refractivity contribution >= 4 is 16.8 Å². The molecule has 60 valence electrons. The molecule has 0 N–H and O–H groups in total. The van der Waals surface area contributed by atoms with Crippen molar-refractivity contribution in [1.82, 2.24) is 4.98 Å². The lowest BCUT2D eigenvalue weighted by Gasteiger charge is -1.95. The van der Waals surface area contributed by atoms with E-state index in [1.807, 2.05) is 0 Å². The number of hydrogen-bond donors (Lipinski definition) is 0. The summed E-state index contributed by atoms with van der Waals surface area (Å²) in [6.07, 6.45) is 0.963. The summed E-state index contributed by atoms with van der Waals surface area (Å²) < 4.78 is 12.4. The molecule has 0 fully saturated rings. The first kappa shape index (κ1) is 8.62. The zero-order valence-corrected chi connectivity index (χ0v) is 6.47. The van der Waals surface area contributed by atoms with Crippen LogP contribution in [0.3, 0.4) is 0 Å². The van der Waals surface area contributed by atoms with Crippen LogP contribution in [0.25, 0.3) is 0 Å². The molecule has 3 nitrogen and oxygen atoms in total. The van der Waals surface area contributed by atoms with Gasteiger partial charge in [0.15, 0.2) is 0 Å². The molecular formula is C7H2ClFN2O. The SMILES string of the molecule is N#Cc1cnc(F)cc1C(=O)Cl. The maximum Gasteiger partial charge on any atom is 0.253 e. The molecule has 0 unspecified atom stereocenters.